The molecule has 0 unspecified atom stereocenters. The summed E-state index contributed by atoms with van der Waals surface area (Å²) in [6.45, 7) is 0. The predicted molar refractivity (Wildman–Crippen MR) is 200 cm³/mol. The van der Waals surface area contributed by atoms with Gasteiger partial charge in [-0.2, -0.15) is 15.8 Å². The zero-order valence-electron chi connectivity index (χ0n) is 26.7. The molecule has 0 fully saturated rings. The maximum absolute atomic E-state index is 10.3. The largest absolute Gasteiger partial charge is 0.309 e. The molecule has 5 heteroatoms. The monoisotopic (exact) mass is 635 g/mol. The normalized spacial score (nSPS) is 11.1. The van der Waals surface area contributed by atoms with E-state index in [1.165, 1.54) is 0 Å². The summed E-state index contributed by atoms with van der Waals surface area (Å²) in [7, 11) is 0. The van der Waals surface area contributed by atoms with Gasteiger partial charge in [0.2, 0.25) is 0 Å². The molecule has 2 heterocycles. The van der Waals surface area contributed by atoms with Crippen molar-refractivity contribution in [3.05, 3.63) is 168 Å². The van der Waals surface area contributed by atoms with E-state index in [0.717, 1.165) is 77.2 Å². The molecule has 9 rings (SSSR count). The highest BCUT2D eigenvalue weighted by Crippen LogP contribution is 2.39. The van der Waals surface area contributed by atoms with Crippen LogP contribution in [0.25, 0.3) is 77.2 Å². The van der Waals surface area contributed by atoms with Crippen molar-refractivity contribution >= 4 is 43.6 Å². The van der Waals surface area contributed by atoms with Crippen LogP contribution in [0, 0.1) is 34.0 Å². The first-order valence-electron chi connectivity index (χ1n) is 16.3. The second-order valence-corrected chi connectivity index (χ2v) is 12.3. The number of benzene rings is 7. The Bertz CT molecular complexity index is 2970. The van der Waals surface area contributed by atoms with E-state index in [1.807, 2.05) is 66.7 Å². The molecule has 230 valence electrons. The number of aromatic nitrogens is 2. The molecule has 0 spiro atoms. The van der Waals surface area contributed by atoms with Crippen molar-refractivity contribution < 1.29 is 0 Å². The number of rotatable bonds is 4. The molecular formula is C45H25N5. The summed E-state index contributed by atoms with van der Waals surface area (Å²) < 4.78 is 4.39. The predicted octanol–water partition coefficient (Wildman–Crippen LogP) is 10.8. The van der Waals surface area contributed by atoms with Gasteiger partial charge in [-0.05, 0) is 83.4 Å². The Labute approximate surface area is 287 Å². The van der Waals surface area contributed by atoms with Gasteiger partial charge >= 0.3 is 0 Å². The van der Waals surface area contributed by atoms with Gasteiger partial charge in [-0.25, -0.2) is 0 Å². The first kappa shape index (κ1) is 28.8. The molecule has 7 aromatic carbocycles. The Hall–Kier alpha value is -7.39. The van der Waals surface area contributed by atoms with Crippen LogP contribution in [-0.2, 0) is 0 Å². The third kappa shape index (κ3) is 4.31. The molecule has 0 amide bonds. The molecule has 0 aliphatic rings. The van der Waals surface area contributed by atoms with Gasteiger partial charge in [-0.1, -0.05) is 84.9 Å². The Morgan fingerprint density at radius 1 is 0.380 bits per heavy atom. The van der Waals surface area contributed by atoms with Crippen molar-refractivity contribution in [3.8, 4) is 51.8 Å². The minimum absolute atomic E-state index is 0.561. The van der Waals surface area contributed by atoms with E-state index >= 15 is 0 Å². The van der Waals surface area contributed by atoms with Crippen molar-refractivity contribution in [2.24, 2.45) is 0 Å². The van der Waals surface area contributed by atoms with Gasteiger partial charge in [0, 0.05) is 27.1 Å². The average molecular weight is 636 g/mol. The van der Waals surface area contributed by atoms with Crippen molar-refractivity contribution in [2.75, 3.05) is 0 Å². The van der Waals surface area contributed by atoms with Gasteiger partial charge < -0.3 is 9.13 Å². The zero-order chi connectivity index (χ0) is 33.8. The van der Waals surface area contributed by atoms with E-state index in [4.69, 9.17) is 0 Å². The second kappa shape index (κ2) is 11.4. The fourth-order valence-corrected chi connectivity index (χ4v) is 7.44. The highest BCUT2D eigenvalue weighted by atomic mass is 15.0. The Morgan fingerprint density at radius 2 is 1.02 bits per heavy atom. The third-order valence-electron chi connectivity index (χ3n) is 9.63. The highest BCUT2D eigenvalue weighted by Gasteiger charge is 2.19. The van der Waals surface area contributed by atoms with E-state index in [1.54, 1.807) is 0 Å². The van der Waals surface area contributed by atoms with Crippen LogP contribution in [0.2, 0.25) is 0 Å². The Morgan fingerprint density at radius 3 is 1.84 bits per heavy atom. The summed E-state index contributed by atoms with van der Waals surface area (Å²) in [5.41, 5.74) is 11.7. The Balaban J connectivity index is 1.23. The van der Waals surface area contributed by atoms with Crippen LogP contribution in [0.15, 0.2) is 152 Å². The minimum atomic E-state index is 0.561. The fourth-order valence-electron chi connectivity index (χ4n) is 7.44. The van der Waals surface area contributed by atoms with E-state index < -0.39 is 0 Å². The van der Waals surface area contributed by atoms with Gasteiger partial charge in [-0.15, -0.1) is 0 Å². The first-order valence-corrected chi connectivity index (χ1v) is 16.3. The molecule has 50 heavy (non-hydrogen) atoms. The number of nitriles is 3. The quantitative estimate of drug-likeness (QED) is 0.193. The summed E-state index contributed by atoms with van der Waals surface area (Å²) >= 11 is 0. The molecule has 0 aliphatic carbocycles. The number of para-hydroxylation sites is 3. The smallest absolute Gasteiger partial charge is 0.101 e. The van der Waals surface area contributed by atoms with E-state index in [-0.39, 0.29) is 0 Å². The molecule has 0 atom stereocenters. The summed E-state index contributed by atoms with van der Waals surface area (Å²) in [5.74, 6) is 0. The van der Waals surface area contributed by atoms with Gasteiger partial charge in [0.05, 0.1) is 62.3 Å². The van der Waals surface area contributed by atoms with Crippen molar-refractivity contribution in [2.45, 2.75) is 0 Å². The number of hydrogen-bond donors (Lipinski definition) is 0. The summed E-state index contributed by atoms with van der Waals surface area (Å²) in [6.07, 6.45) is 0. The van der Waals surface area contributed by atoms with Gasteiger partial charge in [-0.3, -0.25) is 0 Å². The lowest BCUT2D eigenvalue weighted by molar-refractivity contribution is 1.17. The molecule has 0 bridgehead atoms. The molecule has 0 saturated carbocycles. The molecule has 0 radical (unpaired) electrons. The van der Waals surface area contributed by atoms with Crippen molar-refractivity contribution in [3.63, 3.8) is 0 Å². The second-order valence-electron chi connectivity index (χ2n) is 12.3. The number of hydrogen-bond acceptors (Lipinski definition) is 3. The van der Waals surface area contributed by atoms with Crippen LogP contribution in [-0.4, -0.2) is 9.13 Å². The van der Waals surface area contributed by atoms with Crippen molar-refractivity contribution in [1.29, 1.82) is 15.8 Å². The van der Waals surface area contributed by atoms with E-state index in [2.05, 4.69) is 112 Å². The van der Waals surface area contributed by atoms with Gasteiger partial charge in [0.15, 0.2) is 0 Å². The average Bonchev–Trinajstić information content (AvgIpc) is 3.70. The molecule has 0 aliphatic heterocycles. The molecule has 2 aromatic heterocycles. The Kier molecular flexibility index (Phi) is 6.56. The number of fused-ring (bicyclic) bond motifs is 6. The first-order chi connectivity index (χ1) is 24.7. The highest BCUT2D eigenvalue weighted by molar-refractivity contribution is 6.12. The van der Waals surface area contributed by atoms with E-state index in [0.29, 0.717) is 16.7 Å². The summed E-state index contributed by atoms with van der Waals surface area (Å²) in [6, 6.07) is 57.9. The third-order valence-corrected chi connectivity index (χ3v) is 9.63. The summed E-state index contributed by atoms with van der Waals surface area (Å²) in [4.78, 5) is 0. The van der Waals surface area contributed by atoms with Crippen LogP contribution in [0.1, 0.15) is 16.7 Å². The van der Waals surface area contributed by atoms with Crippen LogP contribution < -0.4 is 0 Å². The lowest BCUT2D eigenvalue weighted by Gasteiger charge is -2.16. The molecule has 0 saturated heterocycles. The van der Waals surface area contributed by atoms with Gasteiger partial charge in [0.25, 0.3) is 0 Å². The van der Waals surface area contributed by atoms with Crippen LogP contribution in [0.3, 0.4) is 0 Å². The fraction of sp³-hybridized carbons (Fsp3) is 0. The summed E-state index contributed by atoms with van der Waals surface area (Å²) in [5, 5.41) is 33.9. The lowest BCUT2D eigenvalue weighted by atomic mass is 9.96. The number of nitrogens with zero attached hydrogens (tertiary/aromatic N) is 5. The SMILES string of the molecule is N#Cc1ccc2c(c1)c1ccccc1n2-c1cc(-c2cccc(-c3ccccc3-n3c4ccccc4c4c(C#N)cccc43)c2)ccc1C#N. The topological polar surface area (TPSA) is 81.2 Å². The maximum Gasteiger partial charge on any atom is 0.101 e. The zero-order valence-corrected chi connectivity index (χ0v) is 26.7. The minimum Gasteiger partial charge on any atom is -0.309 e. The molecule has 5 nitrogen and oxygen atoms in total. The maximum atomic E-state index is 10.3. The van der Waals surface area contributed by atoms with Crippen LogP contribution in [0.5, 0.6) is 0 Å². The van der Waals surface area contributed by atoms with Crippen LogP contribution >= 0.6 is 0 Å². The van der Waals surface area contributed by atoms with Gasteiger partial charge in [0.1, 0.15) is 6.07 Å². The molecule has 0 N–H and O–H groups in total. The lowest BCUT2D eigenvalue weighted by Crippen LogP contribution is -1.99. The van der Waals surface area contributed by atoms with E-state index in [9.17, 15) is 15.8 Å². The van der Waals surface area contributed by atoms with Crippen molar-refractivity contribution in [1.82, 2.24) is 9.13 Å². The molecule has 9 aromatic rings. The molecular weight excluding hydrogens is 611 g/mol. The standard InChI is InChI=1S/C45H25N5/c46-26-29-19-22-42-38(23-29)36-13-2-5-16-40(36)50(42)44-25-31(20-21-33(44)27-47)30-9-7-10-32(24-30)35-12-1-4-15-39(35)49-41-17-6-3-14-37(41)45-34(28-48)11-8-18-43(45)49/h1-25H. The van der Waals surface area contributed by atoms with Crippen LogP contribution in [0.4, 0.5) is 0 Å².